The van der Waals surface area contributed by atoms with Crippen molar-refractivity contribution in [2.75, 3.05) is 20.2 Å². The second-order valence-corrected chi connectivity index (χ2v) is 5.95. The molecule has 0 aliphatic rings. The molecule has 0 spiro atoms. The lowest BCUT2D eigenvalue weighted by molar-refractivity contribution is 0.336. The molecule has 1 heterocycles. The fourth-order valence-electron chi connectivity index (χ4n) is 2.47. The Morgan fingerprint density at radius 2 is 2.00 bits per heavy atom. The van der Waals surface area contributed by atoms with Crippen LogP contribution in [0.3, 0.4) is 0 Å². The molecule has 5 nitrogen and oxygen atoms in total. The number of pyridine rings is 1. The van der Waals surface area contributed by atoms with E-state index >= 15 is 0 Å². The van der Waals surface area contributed by atoms with Gasteiger partial charge in [-0.15, -0.1) is 0 Å². The van der Waals surface area contributed by atoms with Gasteiger partial charge in [0.25, 0.3) is 0 Å². The summed E-state index contributed by atoms with van der Waals surface area (Å²) in [4.78, 5) is 8.60. The third-order valence-electron chi connectivity index (χ3n) is 3.87. The van der Waals surface area contributed by atoms with Gasteiger partial charge in [0.15, 0.2) is 5.96 Å². The molecule has 0 saturated heterocycles. The van der Waals surface area contributed by atoms with E-state index in [1.165, 1.54) is 11.1 Å². The first-order valence-corrected chi connectivity index (χ1v) is 8.70. The Morgan fingerprint density at radius 3 is 2.68 bits per heavy atom. The fraction of sp³-hybridized carbons (Fsp3) is 0.400. The molecular formula is C20H28N4O. The molecule has 0 aliphatic heterocycles. The first-order chi connectivity index (χ1) is 12.1. The van der Waals surface area contributed by atoms with Gasteiger partial charge >= 0.3 is 0 Å². The molecule has 25 heavy (non-hydrogen) atoms. The zero-order valence-electron chi connectivity index (χ0n) is 15.6. The van der Waals surface area contributed by atoms with Crippen molar-refractivity contribution < 1.29 is 4.74 Å². The number of rotatable bonds is 7. The Hall–Kier alpha value is -2.56. The first-order valence-electron chi connectivity index (χ1n) is 8.70. The summed E-state index contributed by atoms with van der Waals surface area (Å²) in [6, 6.07) is 10.4. The Bertz CT molecular complexity index is 695. The molecular weight excluding hydrogens is 312 g/mol. The summed E-state index contributed by atoms with van der Waals surface area (Å²) in [7, 11) is 1.78. The molecule has 0 aliphatic carbocycles. The van der Waals surface area contributed by atoms with Gasteiger partial charge in [0.2, 0.25) is 0 Å². The number of aromatic nitrogens is 1. The smallest absolute Gasteiger partial charge is 0.191 e. The number of hydrogen-bond acceptors (Lipinski definition) is 3. The summed E-state index contributed by atoms with van der Waals surface area (Å²) in [5.41, 5.74) is 4.57. The number of nitrogens with one attached hydrogen (secondary N) is 2. The largest absolute Gasteiger partial charge is 0.494 e. The van der Waals surface area contributed by atoms with Gasteiger partial charge in [0, 0.05) is 37.6 Å². The lowest BCUT2D eigenvalue weighted by atomic mass is 10.1. The number of hydrogen-bond donors (Lipinski definition) is 2. The predicted octanol–water partition coefficient (Wildman–Crippen LogP) is 3.00. The van der Waals surface area contributed by atoms with Crippen molar-refractivity contribution in [2.24, 2.45) is 4.99 Å². The third-order valence-corrected chi connectivity index (χ3v) is 3.87. The van der Waals surface area contributed by atoms with E-state index in [4.69, 9.17) is 4.74 Å². The molecule has 0 saturated carbocycles. The van der Waals surface area contributed by atoms with Crippen LogP contribution in [0.5, 0.6) is 5.75 Å². The maximum Gasteiger partial charge on any atom is 0.191 e. The Morgan fingerprint density at radius 1 is 1.16 bits per heavy atom. The van der Waals surface area contributed by atoms with Crippen LogP contribution in [0.4, 0.5) is 0 Å². The highest BCUT2D eigenvalue weighted by Gasteiger charge is 2.05. The summed E-state index contributed by atoms with van der Waals surface area (Å²) < 4.78 is 5.73. The highest BCUT2D eigenvalue weighted by molar-refractivity contribution is 5.79. The van der Waals surface area contributed by atoms with E-state index < -0.39 is 0 Å². The molecule has 134 valence electrons. The van der Waals surface area contributed by atoms with E-state index in [1.54, 1.807) is 7.05 Å². The van der Waals surface area contributed by atoms with Gasteiger partial charge in [-0.25, -0.2) is 0 Å². The minimum atomic E-state index is 0.661. The second kappa shape index (κ2) is 9.67. The maximum atomic E-state index is 5.73. The molecule has 5 heteroatoms. The summed E-state index contributed by atoms with van der Waals surface area (Å²) >= 11 is 0. The highest BCUT2D eigenvalue weighted by Crippen LogP contribution is 2.20. The minimum absolute atomic E-state index is 0.661. The van der Waals surface area contributed by atoms with Crippen molar-refractivity contribution in [3.8, 4) is 5.75 Å². The van der Waals surface area contributed by atoms with Crippen molar-refractivity contribution in [2.45, 2.75) is 33.7 Å². The van der Waals surface area contributed by atoms with Crippen LogP contribution in [0.2, 0.25) is 0 Å². The number of ether oxygens (including phenoxy) is 1. The SMILES string of the molecule is CCOc1cc(C)ccc1CNC(=NC)NCCc1ccc(C)nc1. The zero-order valence-corrected chi connectivity index (χ0v) is 15.6. The van der Waals surface area contributed by atoms with Crippen LogP contribution in [0.15, 0.2) is 41.5 Å². The van der Waals surface area contributed by atoms with Crippen molar-refractivity contribution in [3.05, 3.63) is 58.9 Å². The van der Waals surface area contributed by atoms with Crippen molar-refractivity contribution >= 4 is 5.96 Å². The van der Waals surface area contributed by atoms with Gasteiger partial charge in [-0.05, 0) is 50.5 Å². The summed E-state index contributed by atoms with van der Waals surface area (Å²) in [5, 5.41) is 6.68. The van der Waals surface area contributed by atoms with E-state index in [2.05, 4.69) is 51.8 Å². The average molecular weight is 340 g/mol. The van der Waals surface area contributed by atoms with Crippen LogP contribution < -0.4 is 15.4 Å². The maximum absolute atomic E-state index is 5.73. The third kappa shape index (κ3) is 6.10. The van der Waals surface area contributed by atoms with E-state index in [1.807, 2.05) is 26.1 Å². The molecule has 0 amide bonds. The van der Waals surface area contributed by atoms with Crippen molar-refractivity contribution in [3.63, 3.8) is 0 Å². The molecule has 0 bridgehead atoms. The van der Waals surface area contributed by atoms with Gasteiger partial charge in [0.1, 0.15) is 5.75 Å². The number of guanidine groups is 1. The Balaban J connectivity index is 1.85. The number of benzene rings is 1. The van der Waals surface area contributed by atoms with Crippen LogP contribution in [0.25, 0.3) is 0 Å². The summed E-state index contributed by atoms with van der Waals surface area (Å²) in [5.74, 6) is 1.71. The highest BCUT2D eigenvalue weighted by atomic mass is 16.5. The Labute approximate surface area is 150 Å². The van der Waals surface area contributed by atoms with Crippen LogP contribution in [-0.4, -0.2) is 31.1 Å². The predicted molar refractivity (Wildman–Crippen MR) is 103 cm³/mol. The van der Waals surface area contributed by atoms with Crippen molar-refractivity contribution in [1.29, 1.82) is 0 Å². The van der Waals surface area contributed by atoms with Crippen molar-refractivity contribution in [1.82, 2.24) is 15.6 Å². The van der Waals surface area contributed by atoms with Gasteiger partial charge in [-0.3, -0.25) is 9.98 Å². The molecule has 0 radical (unpaired) electrons. The van der Waals surface area contributed by atoms with Gasteiger partial charge in [0.05, 0.1) is 6.61 Å². The number of nitrogens with zero attached hydrogens (tertiary/aromatic N) is 2. The second-order valence-electron chi connectivity index (χ2n) is 5.95. The Kier molecular flexibility index (Phi) is 7.26. The molecule has 2 rings (SSSR count). The topological polar surface area (TPSA) is 58.5 Å². The van der Waals surface area contributed by atoms with Gasteiger partial charge in [-0.2, -0.15) is 0 Å². The van der Waals surface area contributed by atoms with E-state index in [9.17, 15) is 0 Å². The zero-order chi connectivity index (χ0) is 18.1. The van der Waals surface area contributed by atoms with Crippen LogP contribution >= 0.6 is 0 Å². The lowest BCUT2D eigenvalue weighted by Crippen LogP contribution is -2.37. The molecule has 2 N–H and O–H groups in total. The standard InChI is InChI=1S/C20H28N4O/c1-5-25-19-12-15(2)6-9-18(19)14-24-20(21-4)22-11-10-17-8-7-16(3)23-13-17/h6-9,12-13H,5,10-11,14H2,1-4H3,(H2,21,22,24). The average Bonchev–Trinajstić information content (AvgIpc) is 2.61. The lowest BCUT2D eigenvalue weighted by Gasteiger charge is -2.15. The summed E-state index contributed by atoms with van der Waals surface area (Å²) in [6.45, 7) is 8.20. The summed E-state index contributed by atoms with van der Waals surface area (Å²) in [6.07, 6.45) is 2.83. The van der Waals surface area contributed by atoms with Gasteiger partial charge < -0.3 is 15.4 Å². The van der Waals surface area contributed by atoms with Crippen LogP contribution in [0.1, 0.15) is 29.3 Å². The quantitative estimate of drug-likeness (QED) is 0.601. The first kappa shape index (κ1) is 18.8. The molecule has 0 unspecified atom stereocenters. The molecule has 0 atom stereocenters. The van der Waals surface area contributed by atoms with E-state index in [0.29, 0.717) is 13.2 Å². The van der Waals surface area contributed by atoms with Crippen LogP contribution in [0, 0.1) is 13.8 Å². The molecule has 2 aromatic rings. The van der Waals surface area contributed by atoms with E-state index in [-0.39, 0.29) is 0 Å². The minimum Gasteiger partial charge on any atom is -0.494 e. The molecule has 0 fully saturated rings. The number of aryl methyl sites for hydroxylation is 2. The molecule has 1 aromatic carbocycles. The number of aliphatic imine (C=N–C) groups is 1. The van der Waals surface area contributed by atoms with Crippen LogP contribution in [-0.2, 0) is 13.0 Å². The normalized spacial score (nSPS) is 11.3. The fourth-order valence-corrected chi connectivity index (χ4v) is 2.47. The van der Waals surface area contributed by atoms with E-state index in [0.717, 1.165) is 35.9 Å². The monoisotopic (exact) mass is 340 g/mol. The van der Waals surface area contributed by atoms with Gasteiger partial charge in [-0.1, -0.05) is 18.2 Å². The molecule has 1 aromatic heterocycles.